The molecule has 2 heterocycles. The molecular weight excluding hydrogens is 346 g/mol. The lowest BCUT2D eigenvalue weighted by Gasteiger charge is -2.27. The number of amides is 1. The molecule has 134 valence electrons. The van der Waals surface area contributed by atoms with Crippen molar-refractivity contribution in [3.8, 4) is 0 Å². The molecule has 9 heteroatoms. The fraction of sp³-hybridized carbons (Fsp3) is 0.375. The van der Waals surface area contributed by atoms with Gasteiger partial charge in [0.1, 0.15) is 12.7 Å². The highest BCUT2D eigenvalue weighted by atomic mass is 35.5. The number of nitrogens with zero attached hydrogens (tertiary/aromatic N) is 3. The third-order valence-electron chi connectivity index (χ3n) is 4.18. The van der Waals surface area contributed by atoms with Gasteiger partial charge >= 0.3 is 5.82 Å². The minimum absolute atomic E-state index is 0. The van der Waals surface area contributed by atoms with E-state index < -0.39 is 4.92 Å². The number of carbonyl (C=O) groups is 1. The second-order valence-electron chi connectivity index (χ2n) is 5.79. The van der Waals surface area contributed by atoms with Crippen LogP contribution in [0.3, 0.4) is 0 Å². The van der Waals surface area contributed by atoms with E-state index in [-0.39, 0.29) is 36.7 Å². The SMILES string of the molecule is Cc1nc([N+](=O)[O-])cn1CC(=O)NCC1NCCc2ccccc21.Cl. The zero-order valence-corrected chi connectivity index (χ0v) is 14.6. The molecule has 0 aliphatic carbocycles. The van der Waals surface area contributed by atoms with E-state index in [9.17, 15) is 14.9 Å². The summed E-state index contributed by atoms with van der Waals surface area (Å²) in [6, 6.07) is 8.28. The number of imidazole rings is 1. The predicted molar refractivity (Wildman–Crippen MR) is 94.8 cm³/mol. The number of nitro groups is 1. The zero-order valence-electron chi connectivity index (χ0n) is 13.8. The molecule has 1 atom stereocenters. The number of halogens is 1. The van der Waals surface area contributed by atoms with Crippen LogP contribution in [0.15, 0.2) is 30.5 Å². The van der Waals surface area contributed by atoms with E-state index in [2.05, 4.69) is 27.8 Å². The second kappa shape index (κ2) is 8.09. The monoisotopic (exact) mass is 365 g/mol. The lowest BCUT2D eigenvalue weighted by atomic mass is 9.94. The Morgan fingerprint density at radius 3 is 2.96 bits per heavy atom. The molecule has 2 N–H and O–H groups in total. The molecule has 1 aliphatic heterocycles. The number of hydrogen-bond acceptors (Lipinski definition) is 5. The first-order chi connectivity index (χ1) is 11.5. The van der Waals surface area contributed by atoms with Crippen LogP contribution in [0.25, 0.3) is 0 Å². The Hall–Kier alpha value is -2.45. The van der Waals surface area contributed by atoms with Crippen LogP contribution in [-0.4, -0.2) is 33.5 Å². The van der Waals surface area contributed by atoms with E-state index in [0.717, 1.165) is 13.0 Å². The summed E-state index contributed by atoms with van der Waals surface area (Å²) in [5, 5.41) is 17.0. The summed E-state index contributed by atoms with van der Waals surface area (Å²) < 4.78 is 1.48. The summed E-state index contributed by atoms with van der Waals surface area (Å²) in [7, 11) is 0. The van der Waals surface area contributed by atoms with Crippen molar-refractivity contribution in [2.24, 2.45) is 0 Å². The zero-order chi connectivity index (χ0) is 17.1. The molecule has 3 rings (SSSR count). The van der Waals surface area contributed by atoms with Crippen molar-refractivity contribution in [2.75, 3.05) is 13.1 Å². The molecule has 1 unspecified atom stereocenters. The average molecular weight is 366 g/mol. The minimum Gasteiger partial charge on any atom is -0.358 e. The summed E-state index contributed by atoms with van der Waals surface area (Å²) in [5.74, 6) is -0.00332. The van der Waals surface area contributed by atoms with Gasteiger partial charge in [0.05, 0.1) is 0 Å². The van der Waals surface area contributed by atoms with E-state index in [1.165, 1.54) is 21.9 Å². The van der Waals surface area contributed by atoms with Gasteiger partial charge in [0.2, 0.25) is 11.7 Å². The number of fused-ring (bicyclic) bond motifs is 1. The van der Waals surface area contributed by atoms with E-state index in [0.29, 0.717) is 12.4 Å². The van der Waals surface area contributed by atoms with Gasteiger partial charge in [-0.3, -0.25) is 9.36 Å². The van der Waals surface area contributed by atoms with E-state index in [1.54, 1.807) is 6.92 Å². The number of rotatable bonds is 5. The summed E-state index contributed by atoms with van der Waals surface area (Å²) in [4.78, 5) is 26.1. The molecule has 0 fully saturated rings. The van der Waals surface area contributed by atoms with Crippen molar-refractivity contribution < 1.29 is 9.72 Å². The average Bonchev–Trinajstić information content (AvgIpc) is 2.94. The normalized spacial score (nSPS) is 15.8. The maximum Gasteiger partial charge on any atom is 0.381 e. The van der Waals surface area contributed by atoms with E-state index in [4.69, 9.17) is 0 Å². The Bertz CT molecular complexity index is 777. The molecule has 1 aliphatic rings. The maximum atomic E-state index is 12.1. The number of hydrogen-bond donors (Lipinski definition) is 2. The molecule has 1 aromatic carbocycles. The third-order valence-corrected chi connectivity index (χ3v) is 4.18. The fourth-order valence-corrected chi connectivity index (χ4v) is 2.94. The van der Waals surface area contributed by atoms with Gasteiger partial charge in [-0.05, 0) is 34.0 Å². The van der Waals surface area contributed by atoms with Gasteiger partial charge in [0, 0.05) is 19.5 Å². The molecule has 0 saturated carbocycles. The summed E-state index contributed by atoms with van der Waals surface area (Å²) in [6.07, 6.45) is 2.27. The van der Waals surface area contributed by atoms with Crippen LogP contribution in [0.4, 0.5) is 5.82 Å². The van der Waals surface area contributed by atoms with Gasteiger partial charge in [-0.2, -0.15) is 0 Å². The number of aryl methyl sites for hydroxylation is 1. The van der Waals surface area contributed by atoms with Crippen LogP contribution < -0.4 is 10.6 Å². The quantitative estimate of drug-likeness (QED) is 0.618. The number of carbonyl (C=O) groups excluding carboxylic acids is 1. The molecule has 1 aromatic heterocycles. The van der Waals surface area contributed by atoms with Crippen LogP contribution in [0, 0.1) is 17.0 Å². The molecule has 2 aromatic rings. The third kappa shape index (κ3) is 4.34. The molecule has 25 heavy (non-hydrogen) atoms. The van der Waals surface area contributed by atoms with E-state index >= 15 is 0 Å². The minimum atomic E-state index is -0.565. The molecule has 8 nitrogen and oxygen atoms in total. The second-order valence-corrected chi connectivity index (χ2v) is 5.79. The highest BCUT2D eigenvalue weighted by molar-refractivity contribution is 5.85. The summed E-state index contributed by atoms with van der Waals surface area (Å²) in [5.41, 5.74) is 2.51. The first-order valence-electron chi connectivity index (χ1n) is 7.80. The van der Waals surface area contributed by atoms with Crippen LogP contribution in [0.1, 0.15) is 23.0 Å². The Morgan fingerprint density at radius 2 is 2.24 bits per heavy atom. The van der Waals surface area contributed by atoms with Gasteiger partial charge in [0.25, 0.3) is 0 Å². The van der Waals surface area contributed by atoms with Gasteiger partial charge < -0.3 is 20.7 Å². The standard InChI is InChI=1S/C16H19N5O3.ClH/c1-11-19-15(21(23)24)9-20(11)10-16(22)18-8-14-13-5-3-2-4-12(13)6-7-17-14;/h2-5,9,14,17H,6-8,10H2,1H3,(H,18,22);1H. The first-order valence-corrected chi connectivity index (χ1v) is 7.80. The van der Waals surface area contributed by atoms with Crippen molar-refractivity contribution in [3.05, 3.63) is 57.5 Å². The van der Waals surface area contributed by atoms with Gasteiger partial charge in [-0.25, -0.2) is 0 Å². The largest absolute Gasteiger partial charge is 0.381 e. The highest BCUT2D eigenvalue weighted by Gasteiger charge is 2.21. The summed E-state index contributed by atoms with van der Waals surface area (Å²) >= 11 is 0. The maximum absolute atomic E-state index is 12.1. The molecule has 0 bridgehead atoms. The first kappa shape index (κ1) is 18.9. The molecular formula is C16H20ClN5O3. The van der Waals surface area contributed by atoms with Crippen molar-refractivity contribution in [2.45, 2.75) is 25.9 Å². The highest BCUT2D eigenvalue weighted by Crippen LogP contribution is 2.21. The van der Waals surface area contributed by atoms with Crippen LogP contribution >= 0.6 is 12.4 Å². The van der Waals surface area contributed by atoms with Crippen molar-refractivity contribution in [1.29, 1.82) is 0 Å². The van der Waals surface area contributed by atoms with Gasteiger partial charge in [0.15, 0.2) is 0 Å². The van der Waals surface area contributed by atoms with Crippen molar-refractivity contribution in [1.82, 2.24) is 20.2 Å². The predicted octanol–water partition coefficient (Wildman–Crippen LogP) is 1.52. The van der Waals surface area contributed by atoms with Gasteiger partial charge in [-0.15, -0.1) is 12.4 Å². The molecule has 0 radical (unpaired) electrons. The van der Waals surface area contributed by atoms with Crippen LogP contribution in [-0.2, 0) is 17.8 Å². The summed E-state index contributed by atoms with van der Waals surface area (Å²) in [6.45, 7) is 3.01. The van der Waals surface area contributed by atoms with Crippen molar-refractivity contribution >= 4 is 24.1 Å². The fourth-order valence-electron chi connectivity index (χ4n) is 2.94. The van der Waals surface area contributed by atoms with Crippen molar-refractivity contribution in [3.63, 3.8) is 0 Å². The Labute approximate surface area is 151 Å². The number of nitrogens with one attached hydrogen (secondary N) is 2. The topological polar surface area (TPSA) is 102 Å². The van der Waals surface area contributed by atoms with Crippen LogP contribution in [0.5, 0.6) is 0 Å². The Morgan fingerprint density at radius 1 is 1.48 bits per heavy atom. The molecule has 0 spiro atoms. The Kier molecular flexibility index (Phi) is 6.11. The number of benzene rings is 1. The Balaban J connectivity index is 0.00000225. The van der Waals surface area contributed by atoms with E-state index in [1.807, 2.05) is 12.1 Å². The van der Waals surface area contributed by atoms with Crippen LogP contribution in [0.2, 0.25) is 0 Å². The lowest BCUT2D eigenvalue weighted by molar-refractivity contribution is -0.389. The lowest BCUT2D eigenvalue weighted by Crippen LogP contribution is -2.39. The smallest absolute Gasteiger partial charge is 0.358 e. The molecule has 1 amide bonds. The molecule has 0 saturated heterocycles. The van der Waals surface area contributed by atoms with Gasteiger partial charge in [-0.1, -0.05) is 24.3 Å². The number of aromatic nitrogens is 2.